The van der Waals surface area contributed by atoms with Crippen molar-refractivity contribution in [1.82, 2.24) is 0 Å². The van der Waals surface area contributed by atoms with Gasteiger partial charge in [-0.15, -0.1) is 0 Å². The van der Waals surface area contributed by atoms with Gasteiger partial charge in [0.05, 0.1) is 12.9 Å². The first-order chi connectivity index (χ1) is 4.38. The van der Waals surface area contributed by atoms with Crippen molar-refractivity contribution in [3.05, 3.63) is 12.3 Å². The van der Waals surface area contributed by atoms with Crippen molar-refractivity contribution < 1.29 is 9.84 Å². The highest BCUT2D eigenvalue weighted by Gasteiger charge is 2.20. The summed E-state index contributed by atoms with van der Waals surface area (Å²) in [6, 6.07) is 0. The molecule has 0 saturated carbocycles. The van der Waals surface area contributed by atoms with Crippen molar-refractivity contribution in [2.75, 3.05) is 6.61 Å². The number of rotatable bonds is 2. The Balaban J connectivity index is 2.39. The van der Waals surface area contributed by atoms with Crippen LogP contribution in [0.4, 0.5) is 0 Å². The second-order valence-corrected chi connectivity index (χ2v) is 2.26. The summed E-state index contributed by atoms with van der Waals surface area (Å²) in [5.74, 6) is 0.231. The highest BCUT2D eigenvalue weighted by molar-refractivity contribution is 4.94. The number of ether oxygens (including phenoxy) is 1. The van der Waals surface area contributed by atoms with E-state index in [1.165, 1.54) is 0 Å². The van der Waals surface area contributed by atoms with Crippen LogP contribution in [-0.2, 0) is 4.74 Å². The molecule has 0 aromatic carbocycles. The van der Waals surface area contributed by atoms with E-state index in [9.17, 15) is 0 Å². The van der Waals surface area contributed by atoms with Gasteiger partial charge in [0.1, 0.15) is 6.10 Å². The SMILES string of the molecule is CC[C@H]1OC=C[C@@H]1CO. The fourth-order valence-electron chi connectivity index (χ4n) is 1.05. The summed E-state index contributed by atoms with van der Waals surface area (Å²) in [6.45, 7) is 2.26. The van der Waals surface area contributed by atoms with Gasteiger partial charge in [0.25, 0.3) is 0 Å². The Bertz CT molecular complexity index is 109. The molecule has 0 spiro atoms. The third-order valence-corrected chi connectivity index (χ3v) is 1.67. The van der Waals surface area contributed by atoms with E-state index in [2.05, 4.69) is 6.92 Å². The van der Waals surface area contributed by atoms with Gasteiger partial charge in [-0.05, 0) is 12.5 Å². The molecule has 1 rings (SSSR count). The van der Waals surface area contributed by atoms with Crippen LogP contribution in [0.3, 0.4) is 0 Å². The van der Waals surface area contributed by atoms with Crippen LogP contribution in [0.15, 0.2) is 12.3 Å². The average Bonchev–Trinajstić information content (AvgIpc) is 2.33. The van der Waals surface area contributed by atoms with Crippen molar-refractivity contribution in [2.24, 2.45) is 5.92 Å². The van der Waals surface area contributed by atoms with Crippen molar-refractivity contribution in [3.8, 4) is 0 Å². The largest absolute Gasteiger partial charge is 0.498 e. The predicted octanol–water partition coefficient (Wildman–Crippen LogP) is 0.917. The third-order valence-electron chi connectivity index (χ3n) is 1.67. The first-order valence-corrected chi connectivity index (χ1v) is 3.31. The van der Waals surface area contributed by atoms with Gasteiger partial charge in [-0.3, -0.25) is 0 Å². The zero-order chi connectivity index (χ0) is 6.69. The van der Waals surface area contributed by atoms with Crippen molar-refractivity contribution in [2.45, 2.75) is 19.4 Å². The molecule has 1 heterocycles. The molecular formula is C7H12O2. The van der Waals surface area contributed by atoms with Crippen LogP contribution in [0, 0.1) is 5.92 Å². The summed E-state index contributed by atoms with van der Waals surface area (Å²) in [5.41, 5.74) is 0. The van der Waals surface area contributed by atoms with Crippen molar-refractivity contribution >= 4 is 0 Å². The van der Waals surface area contributed by atoms with E-state index < -0.39 is 0 Å². The molecule has 0 aromatic rings. The van der Waals surface area contributed by atoms with E-state index in [-0.39, 0.29) is 18.6 Å². The van der Waals surface area contributed by atoms with Crippen LogP contribution in [0.25, 0.3) is 0 Å². The molecule has 9 heavy (non-hydrogen) atoms. The Hall–Kier alpha value is -0.500. The molecule has 52 valence electrons. The number of aliphatic hydroxyl groups excluding tert-OH is 1. The lowest BCUT2D eigenvalue weighted by atomic mass is 10.0. The standard InChI is InChI=1S/C7H12O2/c1-2-7-6(5-8)3-4-9-7/h3-4,6-8H,2,5H2,1H3/t6-,7-/m1/s1. The van der Waals surface area contributed by atoms with E-state index in [4.69, 9.17) is 9.84 Å². The van der Waals surface area contributed by atoms with Crippen LogP contribution >= 0.6 is 0 Å². The van der Waals surface area contributed by atoms with Gasteiger partial charge in [-0.25, -0.2) is 0 Å². The molecule has 0 amide bonds. The minimum atomic E-state index is 0.203. The second-order valence-electron chi connectivity index (χ2n) is 2.26. The highest BCUT2D eigenvalue weighted by Crippen LogP contribution is 2.18. The lowest BCUT2D eigenvalue weighted by molar-refractivity contribution is 0.0987. The lowest BCUT2D eigenvalue weighted by Crippen LogP contribution is -2.18. The summed E-state index contributed by atoms with van der Waals surface area (Å²) in [6.07, 6.45) is 4.77. The van der Waals surface area contributed by atoms with E-state index >= 15 is 0 Å². The zero-order valence-corrected chi connectivity index (χ0v) is 5.58. The maximum atomic E-state index is 8.74. The van der Waals surface area contributed by atoms with E-state index in [1.807, 2.05) is 6.08 Å². The Morgan fingerprint density at radius 2 is 2.44 bits per heavy atom. The lowest BCUT2D eigenvalue weighted by Gasteiger charge is -2.13. The fourth-order valence-corrected chi connectivity index (χ4v) is 1.05. The van der Waals surface area contributed by atoms with Gasteiger partial charge in [-0.1, -0.05) is 6.92 Å². The Labute approximate surface area is 55.1 Å². The summed E-state index contributed by atoms with van der Waals surface area (Å²) >= 11 is 0. The van der Waals surface area contributed by atoms with Crippen LogP contribution in [0.2, 0.25) is 0 Å². The van der Waals surface area contributed by atoms with Gasteiger partial charge in [0.2, 0.25) is 0 Å². The van der Waals surface area contributed by atoms with Gasteiger partial charge in [0.15, 0.2) is 0 Å². The van der Waals surface area contributed by atoms with Gasteiger partial charge >= 0.3 is 0 Å². The number of hydrogen-bond donors (Lipinski definition) is 1. The van der Waals surface area contributed by atoms with Crippen LogP contribution in [-0.4, -0.2) is 17.8 Å². The Morgan fingerprint density at radius 1 is 1.67 bits per heavy atom. The molecule has 2 heteroatoms. The van der Waals surface area contributed by atoms with Crippen LogP contribution in [0.1, 0.15) is 13.3 Å². The minimum Gasteiger partial charge on any atom is -0.498 e. The maximum absolute atomic E-state index is 8.74. The first kappa shape index (κ1) is 6.62. The summed E-state index contributed by atoms with van der Waals surface area (Å²) in [7, 11) is 0. The summed E-state index contributed by atoms with van der Waals surface area (Å²) in [5, 5.41) is 8.74. The van der Waals surface area contributed by atoms with E-state index in [1.54, 1.807) is 6.26 Å². The molecule has 0 aromatic heterocycles. The molecule has 0 unspecified atom stereocenters. The first-order valence-electron chi connectivity index (χ1n) is 3.31. The smallest absolute Gasteiger partial charge is 0.106 e. The molecule has 2 nitrogen and oxygen atoms in total. The molecule has 0 fully saturated rings. The monoisotopic (exact) mass is 128 g/mol. The molecule has 1 N–H and O–H groups in total. The molecule has 1 aliphatic heterocycles. The van der Waals surface area contributed by atoms with Gasteiger partial charge in [-0.2, -0.15) is 0 Å². The van der Waals surface area contributed by atoms with Crippen molar-refractivity contribution in [1.29, 1.82) is 0 Å². The molecule has 2 atom stereocenters. The van der Waals surface area contributed by atoms with Gasteiger partial charge < -0.3 is 9.84 Å². The minimum absolute atomic E-state index is 0.203. The molecule has 0 aliphatic carbocycles. The normalized spacial score (nSPS) is 32.7. The number of aliphatic hydroxyl groups is 1. The van der Waals surface area contributed by atoms with E-state index in [0.29, 0.717) is 0 Å². The summed E-state index contributed by atoms with van der Waals surface area (Å²) < 4.78 is 5.17. The topological polar surface area (TPSA) is 29.5 Å². The second kappa shape index (κ2) is 2.87. The number of hydrogen-bond acceptors (Lipinski definition) is 2. The van der Waals surface area contributed by atoms with Crippen LogP contribution in [0.5, 0.6) is 0 Å². The zero-order valence-electron chi connectivity index (χ0n) is 5.58. The van der Waals surface area contributed by atoms with Gasteiger partial charge in [0, 0.05) is 5.92 Å². The average molecular weight is 128 g/mol. The molecule has 0 saturated heterocycles. The molecule has 0 bridgehead atoms. The molecule has 1 aliphatic rings. The maximum Gasteiger partial charge on any atom is 0.106 e. The molecule has 0 radical (unpaired) electrons. The Morgan fingerprint density at radius 3 is 2.89 bits per heavy atom. The fraction of sp³-hybridized carbons (Fsp3) is 0.714. The third kappa shape index (κ3) is 1.24. The predicted molar refractivity (Wildman–Crippen MR) is 34.9 cm³/mol. The Kier molecular flexibility index (Phi) is 2.11. The van der Waals surface area contributed by atoms with Crippen LogP contribution < -0.4 is 0 Å². The molecular weight excluding hydrogens is 116 g/mol. The van der Waals surface area contributed by atoms with Crippen molar-refractivity contribution in [3.63, 3.8) is 0 Å². The highest BCUT2D eigenvalue weighted by atomic mass is 16.5. The summed E-state index contributed by atoms with van der Waals surface area (Å²) in [4.78, 5) is 0. The van der Waals surface area contributed by atoms with E-state index in [0.717, 1.165) is 6.42 Å². The quantitative estimate of drug-likeness (QED) is 0.599.